The maximum absolute atomic E-state index is 12.5. The summed E-state index contributed by atoms with van der Waals surface area (Å²) in [6, 6.07) is 0. The lowest BCUT2D eigenvalue weighted by molar-refractivity contribution is -0.0565. The fourth-order valence-electron chi connectivity index (χ4n) is 2.99. The van der Waals surface area contributed by atoms with E-state index in [0.717, 1.165) is 5.56 Å². The van der Waals surface area contributed by atoms with Gasteiger partial charge in [-0.2, -0.15) is 5.10 Å². The lowest BCUT2D eigenvalue weighted by atomic mass is 9.94. The maximum atomic E-state index is 12.5. The molecule has 0 aromatic heterocycles. The summed E-state index contributed by atoms with van der Waals surface area (Å²) in [5, 5.41) is 17.9. The lowest BCUT2D eigenvalue weighted by Crippen LogP contribution is -2.57. The number of piperidine rings is 1. The molecule has 1 N–H and O–H groups in total. The highest BCUT2D eigenvalue weighted by Crippen LogP contribution is 2.34. The maximum Gasteiger partial charge on any atom is 0.411 e. The van der Waals surface area contributed by atoms with Crippen molar-refractivity contribution in [3.8, 4) is 11.4 Å². The number of likely N-dealkylation sites (tertiary alicyclic amines) is 1. The molecule has 0 bridgehead atoms. The Morgan fingerprint density at radius 2 is 2.30 bits per heavy atom. The van der Waals surface area contributed by atoms with Gasteiger partial charge in [0.25, 0.3) is 0 Å². The van der Waals surface area contributed by atoms with E-state index in [9.17, 15) is 9.90 Å². The van der Waals surface area contributed by atoms with Crippen LogP contribution < -0.4 is 0 Å². The van der Waals surface area contributed by atoms with Gasteiger partial charge in [-0.25, -0.2) is 9.78 Å². The van der Waals surface area contributed by atoms with Crippen LogP contribution in [0.25, 0.3) is 11.4 Å². The third kappa shape index (κ3) is 2.86. The van der Waals surface area contributed by atoms with E-state index in [1.807, 2.05) is 31.5 Å². The van der Waals surface area contributed by atoms with Crippen molar-refractivity contribution in [3.63, 3.8) is 0 Å². The molecule has 3 aliphatic rings. The van der Waals surface area contributed by atoms with Crippen LogP contribution in [0.15, 0.2) is 18.7 Å². The zero-order chi connectivity index (χ0) is 16.6. The van der Waals surface area contributed by atoms with Crippen molar-refractivity contribution in [1.82, 2.24) is 24.6 Å². The molecule has 1 fully saturated rings. The highest BCUT2D eigenvalue weighted by Gasteiger charge is 2.43. The minimum Gasteiger partial charge on any atom is -0.447 e. The second-order valence-corrected chi connectivity index (χ2v) is 6.35. The Morgan fingerprint density at radius 1 is 1.52 bits per heavy atom. The Morgan fingerprint density at radius 3 is 3.04 bits per heavy atom. The molecule has 2 unspecified atom stereocenters. The molecular weight excluding hydrogens is 298 g/mol. The standard InChI is InChI=1S/C15H21N5O3/c1-10(2)23-14(22)20-5-4-12(21)6-15(20,3)19-8-11-7-17-18-13(11)16-9-19/h7-10,12,21H,4-6H2,1-3H3. The summed E-state index contributed by atoms with van der Waals surface area (Å²) in [5.74, 6) is 0.553. The van der Waals surface area contributed by atoms with E-state index in [4.69, 9.17) is 4.74 Å². The summed E-state index contributed by atoms with van der Waals surface area (Å²) in [4.78, 5) is 18.4. The van der Waals surface area contributed by atoms with Crippen LogP contribution in [0.3, 0.4) is 0 Å². The van der Waals surface area contributed by atoms with Crippen molar-refractivity contribution in [1.29, 1.82) is 0 Å². The number of carbonyl (C=O) groups excluding carboxylic acids is 1. The molecule has 2 atom stereocenters. The van der Waals surface area contributed by atoms with Gasteiger partial charge in [0.1, 0.15) is 5.66 Å². The van der Waals surface area contributed by atoms with Crippen LogP contribution in [-0.2, 0) is 10.4 Å². The molecule has 0 aliphatic carbocycles. The molecule has 0 spiro atoms. The van der Waals surface area contributed by atoms with Crippen molar-refractivity contribution in [2.75, 3.05) is 6.54 Å². The van der Waals surface area contributed by atoms with E-state index in [1.54, 1.807) is 17.4 Å². The number of aliphatic hydroxyl groups is 1. The quantitative estimate of drug-likeness (QED) is 0.900. The fraction of sp³-hybridized carbons (Fsp3) is 0.600. The molecule has 8 nitrogen and oxygen atoms in total. The highest BCUT2D eigenvalue weighted by atomic mass is 16.6. The van der Waals surface area contributed by atoms with E-state index in [2.05, 4.69) is 15.2 Å². The molecule has 124 valence electrons. The van der Waals surface area contributed by atoms with Gasteiger partial charge in [0.05, 0.1) is 30.3 Å². The number of amides is 1. The predicted molar refractivity (Wildman–Crippen MR) is 81.7 cm³/mol. The predicted octanol–water partition coefficient (Wildman–Crippen LogP) is 1.45. The number of carbonyl (C=O) groups is 1. The molecule has 3 heterocycles. The molecule has 3 aliphatic heterocycles. The molecule has 23 heavy (non-hydrogen) atoms. The van der Waals surface area contributed by atoms with Crippen LogP contribution in [0.5, 0.6) is 0 Å². The minimum absolute atomic E-state index is 0.201. The molecule has 0 saturated carbocycles. The van der Waals surface area contributed by atoms with E-state index in [0.29, 0.717) is 25.2 Å². The molecule has 1 saturated heterocycles. The smallest absolute Gasteiger partial charge is 0.411 e. The number of hydrogen-bond donors (Lipinski definition) is 1. The van der Waals surface area contributed by atoms with Crippen molar-refractivity contribution in [2.24, 2.45) is 0 Å². The van der Waals surface area contributed by atoms with E-state index in [1.165, 1.54) is 0 Å². The number of ether oxygens (including phenoxy) is 1. The first kappa shape index (κ1) is 15.7. The van der Waals surface area contributed by atoms with Gasteiger partial charge in [-0.3, -0.25) is 4.90 Å². The van der Waals surface area contributed by atoms with Crippen LogP contribution in [-0.4, -0.2) is 54.6 Å². The molecule has 0 radical (unpaired) electrons. The van der Waals surface area contributed by atoms with Gasteiger partial charge >= 0.3 is 6.09 Å². The normalized spacial score (nSPS) is 25.1. The van der Waals surface area contributed by atoms with E-state index >= 15 is 0 Å². The Balaban J connectivity index is 1.99. The summed E-state index contributed by atoms with van der Waals surface area (Å²) >= 11 is 0. The van der Waals surface area contributed by atoms with Gasteiger partial charge in [0.2, 0.25) is 0 Å². The summed E-state index contributed by atoms with van der Waals surface area (Å²) < 4.78 is 7.18. The number of aromatic nitrogens is 4. The van der Waals surface area contributed by atoms with Crippen LogP contribution in [0.1, 0.15) is 33.6 Å². The van der Waals surface area contributed by atoms with Crippen molar-refractivity contribution >= 4 is 6.09 Å². The minimum atomic E-state index is -0.762. The van der Waals surface area contributed by atoms with Gasteiger partial charge in [0, 0.05) is 19.2 Å². The summed E-state index contributed by atoms with van der Waals surface area (Å²) in [7, 11) is 0. The van der Waals surface area contributed by atoms with Gasteiger partial charge in [0.15, 0.2) is 5.82 Å². The van der Waals surface area contributed by atoms with Gasteiger partial charge in [-0.05, 0) is 27.2 Å². The number of fused-ring (bicyclic) bond motifs is 1. The number of aliphatic hydroxyl groups excluding tert-OH is 1. The molecule has 8 heteroatoms. The second kappa shape index (κ2) is 5.77. The molecular formula is C15H21N5O3. The summed E-state index contributed by atoms with van der Waals surface area (Å²) in [5.41, 5.74) is 0.0215. The van der Waals surface area contributed by atoms with E-state index in [-0.39, 0.29) is 12.2 Å². The zero-order valence-corrected chi connectivity index (χ0v) is 13.5. The summed E-state index contributed by atoms with van der Waals surface area (Å²) in [6.45, 7) is 5.95. The van der Waals surface area contributed by atoms with Gasteiger partial charge in [-0.1, -0.05) is 0 Å². The van der Waals surface area contributed by atoms with E-state index < -0.39 is 11.8 Å². The van der Waals surface area contributed by atoms with Crippen molar-refractivity contribution in [2.45, 2.75) is 51.5 Å². The summed E-state index contributed by atoms with van der Waals surface area (Å²) in [6.07, 6.45) is 4.94. The van der Waals surface area contributed by atoms with Crippen LogP contribution >= 0.6 is 0 Å². The topological polar surface area (TPSA) is 93.4 Å². The molecule has 3 rings (SSSR count). The van der Waals surface area contributed by atoms with Crippen molar-refractivity contribution < 1.29 is 14.6 Å². The third-order valence-corrected chi connectivity index (χ3v) is 4.19. The first-order valence-electron chi connectivity index (χ1n) is 7.72. The first-order chi connectivity index (χ1) is 10.9. The molecule has 0 aromatic rings. The van der Waals surface area contributed by atoms with Crippen LogP contribution in [0, 0.1) is 0 Å². The van der Waals surface area contributed by atoms with Gasteiger partial charge < -0.3 is 14.4 Å². The molecule has 1 amide bonds. The number of rotatable bonds is 2. The average Bonchev–Trinajstić information content (AvgIpc) is 2.93. The second-order valence-electron chi connectivity index (χ2n) is 6.35. The zero-order valence-electron chi connectivity index (χ0n) is 13.5. The average molecular weight is 319 g/mol. The third-order valence-electron chi connectivity index (χ3n) is 4.19. The largest absolute Gasteiger partial charge is 0.447 e. The highest BCUT2D eigenvalue weighted by molar-refractivity contribution is 5.68. The Hall–Kier alpha value is -2.22. The van der Waals surface area contributed by atoms with Crippen LogP contribution in [0.4, 0.5) is 4.79 Å². The first-order valence-corrected chi connectivity index (χ1v) is 7.72. The number of nitrogens with zero attached hydrogens (tertiary/aromatic N) is 5. The van der Waals surface area contributed by atoms with Gasteiger partial charge in [-0.15, -0.1) is 5.10 Å². The lowest BCUT2D eigenvalue weighted by Gasteiger charge is -2.47. The molecule has 0 aromatic carbocycles. The Kier molecular flexibility index (Phi) is 3.93. The Labute approximate surface area is 134 Å². The fourth-order valence-corrected chi connectivity index (χ4v) is 2.99. The van der Waals surface area contributed by atoms with Crippen molar-refractivity contribution in [3.05, 3.63) is 18.7 Å². The number of hydrogen-bond acceptors (Lipinski definition) is 6. The SMILES string of the molecule is CC(C)OC(=O)N1CCC(O)CC1(C)n1cnc2nncc-2c1. The monoisotopic (exact) mass is 319 g/mol. The van der Waals surface area contributed by atoms with Crippen LogP contribution in [0.2, 0.25) is 0 Å². The Bertz CT molecular complexity index is 673.